The van der Waals surface area contributed by atoms with Gasteiger partial charge in [-0.2, -0.15) is 0 Å². The van der Waals surface area contributed by atoms with Crippen molar-refractivity contribution in [3.8, 4) is 17.2 Å². The first-order valence-corrected chi connectivity index (χ1v) is 8.10. The molecule has 0 bridgehead atoms. The fraction of sp³-hybridized carbons (Fsp3) is 0.211. The van der Waals surface area contributed by atoms with Crippen LogP contribution in [0.25, 0.3) is 6.08 Å². The topological polar surface area (TPSA) is 54.0 Å². The molecule has 0 radical (unpaired) electrons. The van der Waals surface area contributed by atoms with Crippen LogP contribution in [0, 0.1) is 0 Å². The van der Waals surface area contributed by atoms with Crippen LogP contribution in [0.15, 0.2) is 42.5 Å². The number of carbonyl (C=O) groups excluding carboxylic acids is 1. The highest BCUT2D eigenvalue weighted by Gasteiger charge is 2.17. The SMILES string of the molecule is COc1cc(/C=C/C(=O)OCc2cccc(Cl)c2)cc2c1OCCO2. The lowest BCUT2D eigenvalue weighted by molar-refractivity contribution is -0.138. The van der Waals surface area contributed by atoms with Gasteiger partial charge in [0.05, 0.1) is 7.11 Å². The van der Waals surface area contributed by atoms with Crippen LogP contribution in [-0.2, 0) is 16.1 Å². The molecule has 0 spiro atoms. The number of halogens is 1. The molecule has 1 heterocycles. The van der Waals surface area contributed by atoms with Crippen LogP contribution in [0.3, 0.4) is 0 Å². The number of carbonyl (C=O) groups is 1. The first-order valence-electron chi connectivity index (χ1n) is 7.72. The highest BCUT2D eigenvalue weighted by Crippen LogP contribution is 2.40. The van der Waals surface area contributed by atoms with E-state index in [0.717, 1.165) is 11.1 Å². The zero-order valence-corrected chi connectivity index (χ0v) is 14.4. The lowest BCUT2D eigenvalue weighted by atomic mass is 10.1. The van der Waals surface area contributed by atoms with Crippen LogP contribution >= 0.6 is 11.6 Å². The Morgan fingerprint density at radius 1 is 1.24 bits per heavy atom. The Morgan fingerprint density at radius 3 is 2.88 bits per heavy atom. The zero-order chi connectivity index (χ0) is 17.6. The van der Waals surface area contributed by atoms with Crippen LogP contribution in [0.5, 0.6) is 17.2 Å². The van der Waals surface area contributed by atoms with Gasteiger partial charge in [0, 0.05) is 11.1 Å². The van der Waals surface area contributed by atoms with E-state index < -0.39 is 5.97 Å². The molecule has 0 aromatic heterocycles. The van der Waals surface area contributed by atoms with E-state index >= 15 is 0 Å². The Kier molecular flexibility index (Phi) is 5.46. The first-order chi connectivity index (χ1) is 12.2. The second-order valence-corrected chi connectivity index (χ2v) is 5.75. The van der Waals surface area contributed by atoms with E-state index in [2.05, 4.69) is 0 Å². The predicted octanol–water partition coefficient (Wildman–Crippen LogP) is 3.88. The summed E-state index contributed by atoms with van der Waals surface area (Å²) in [6, 6.07) is 10.7. The molecule has 0 aliphatic carbocycles. The van der Waals surface area contributed by atoms with E-state index in [9.17, 15) is 4.79 Å². The van der Waals surface area contributed by atoms with Gasteiger partial charge in [0.1, 0.15) is 19.8 Å². The molecule has 130 valence electrons. The first kappa shape index (κ1) is 17.2. The fourth-order valence-corrected chi connectivity index (χ4v) is 2.60. The average molecular weight is 361 g/mol. The molecule has 2 aromatic rings. The van der Waals surface area contributed by atoms with Crippen molar-refractivity contribution in [2.75, 3.05) is 20.3 Å². The molecule has 0 amide bonds. The molecule has 1 aliphatic rings. The number of hydrogen-bond acceptors (Lipinski definition) is 5. The molecular formula is C19H17ClO5. The molecular weight excluding hydrogens is 344 g/mol. The van der Waals surface area contributed by atoms with Gasteiger partial charge >= 0.3 is 5.97 Å². The Balaban J connectivity index is 1.66. The Morgan fingerprint density at radius 2 is 2.08 bits per heavy atom. The van der Waals surface area contributed by atoms with Crippen LogP contribution in [0.2, 0.25) is 5.02 Å². The summed E-state index contributed by atoms with van der Waals surface area (Å²) in [6.45, 7) is 1.12. The van der Waals surface area contributed by atoms with Crippen molar-refractivity contribution in [3.63, 3.8) is 0 Å². The van der Waals surface area contributed by atoms with Crippen molar-refractivity contribution in [2.24, 2.45) is 0 Å². The molecule has 0 saturated heterocycles. The normalized spacial score (nSPS) is 12.9. The molecule has 5 nitrogen and oxygen atoms in total. The summed E-state index contributed by atoms with van der Waals surface area (Å²) in [5.41, 5.74) is 1.58. The van der Waals surface area contributed by atoms with E-state index in [4.69, 9.17) is 30.5 Å². The third kappa shape index (κ3) is 4.45. The Labute approximate surface area is 150 Å². The summed E-state index contributed by atoms with van der Waals surface area (Å²) in [4.78, 5) is 11.9. The number of benzene rings is 2. The van der Waals surface area contributed by atoms with E-state index in [1.165, 1.54) is 6.08 Å². The van der Waals surface area contributed by atoms with Crippen LogP contribution in [0.1, 0.15) is 11.1 Å². The standard InChI is InChI=1S/C19H17ClO5/c1-22-16-10-13(11-17-19(16)24-8-7-23-17)5-6-18(21)25-12-14-3-2-4-15(20)9-14/h2-6,9-11H,7-8,12H2,1H3/b6-5+. The van der Waals surface area contributed by atoms with Gasteiger partial charge in [-0.15, -0.1) is 0 Å². The minimum Gasteiger partial charge on any atom is -0.493 e. The summed E-state index contributed by atoms with van der Waals surface area (Å²) in [7, 11) is 1.56. The minimum absolute atomic E-state index is 0.161. The predicted molar refractivity (Wildman–Crippen MR) is 94.3 cm³/mol. The third-order valence-corrected chi connectivity index (χ3v) is 3.77. The smallest absolute Gasteiger partial charge is 0.331 e. The van der Waals surface area contributed by atoms with Crippen molar-refractivity contribution in [1.82, 2.24) is 0 Å². The van der Waals surface area contributed by atoms with E-state index in [-0.39, 0.29) is 6.61 Å². The lowest BCUT2D eigenvalue weighted by Crippen LogP contribution is -2.16. The van der Waals surface area contributed by atoms with E-state index in [1.807, 2.05) is 12.1 Å². The van der Waals surface area contributed by atoms with Gasteiger partial charge in [-0.25, -0.2) is 4.79 Å². The molecule has 6 heteroatoms. The Bertz CT molecular complexity index is 783. The van der Waals surface area contributed by atoms with Crippen molar-refractivity contribution in [1.29, 1.82) is 0 Å². The van der Waals surface area contributed by atoms with Crippen LogP contribution in [0.4, 0.5) is 0 Å². The van der Waals surface area contributed by atoms with Gasteiger partial charge in [0.2, 0.25) is 5.75 Å². The quantitative estimate of drug-likeness (QED) is 0.598. The number of fused-ring (bicyclic) bond motifs is 1. The van der Waals surface area contributed by atoms with Crippen molar-refractivity contribution < 1.29 is 23.7 Å². The third-order valence-electron chi connectivity index (χ3n) is 3.53. The van der Waals surface area contributed by atoms with Crippen molar-refractivity contribution >= 4 is 23.6 Å². The maximum absolute atomic E-state index is 11.9. The Hall–Kier alpha value is -2.66. The summed E-state index contributed by atoms with van der Waals surface area (Å²) < 4.78 is 21.6. The van der Waals surface area contributed by atoms with Crippen molar-refractivity contribution in [3.05, 3.63) is 58.6 Å². The fourth-order valence-electron chi connectivity index (χ4n) is 2.38. The molecule has 1 aliphatic heterocycles. The van der Waals surface area contributed by atoms with Gasteiger partial charge in [-0.05, 0) is 41.5 Å². The van der Waals surface area contributed by atoms with Crippen LogP contribution < -0.4 is 14.2 Å². The molecule has 2 aromatic carbocycles. The van der Waals surface area contributed by atoms with Crippen molar-refractivity contribution in [2.45, 2.75) is 6.61 Å². The largest absolute Gasteiger partial charge is 0.493 e. The number of esters is 1. The van der Waals surface area contributed by atoms with E-state index in [0.29, 0.717) is 35.5 Å². The average Bonchev–Trinajstić information content (AvgIpc) is 2.64. The molecule has 0 N–H and O–H groups in total. The summed E-state index contributed by atoms with van der Waals surface area (Å²) in [5, 5.41) is 0.604. The second-order valence-electron chi connectivity index (χ2n) is 5.32. The maximum atomic E-state index is 11.9. The maximum Gasteiger partial charge on any atom is 0.331 e. The molecule has 0 unspecified atom stereocenters. The number of methoxy groups -OCH3 is 1. The minimum atomic E-state index is -0.450. The van der Waals surface area contributed by atoms with Gasteiger partial charge in [-0.3, -0.25) is 0 Å². The summed E-state index contributed by atoms with van der Waals surface area (Å²) >= 11 is 5.90. The van der Waals surface area contributed by atoms with Gasteiger partial charge in [0.15, 0.2) is 11.5 Å². The number of ether oxygens (including phenoxy) is 4. The molecule has 3 rings (SSSR count). The lowest BCUT2D eigenvalue weighted by Gasteiger charge is -2.20. The van der Waals surface area contributed by atoms with Gasteiger partial charge in [-0.1, -0.05) is 23.7 Å². The molecule has 25 heavy (non-hydrogen) atoms. The molecule has 0 fully saturated rings. The molecule has 0 atom stereocenters. The number of rotatable bonds is 5. The summed E-state index contributed by atoms with van der Waals surface area (Å²) in [5.74, 6) is 1.28. The molecule has 0 saturated carbocycles. The van der Waals surface area contributed by atoms with Gasteiger partial charge < -0.3 is 18.9 Å². The summed E-state index contributed by atoms with van der Waals surface area (Å²) in [6.07, 6.45) is 3.00. The van der Waals surface area contributed by atoms with Gasteiger partial charge in [0.25, 0.3) is 0 Å². The zero-order valence-electron chi connectivity index (χ0n) is 13.7. The van der Waals surface area contributed by atoms with Crippen LogP contribution in [-0.4, -0.2) is 26.3 Å². The highest BCUT2D eigenvalue weighted by molar-refractivity contribution is 6.30. The monoisotopic (exact) mass is 360 g/mol. The van der Waals surface area contributed by atoms with E-state index in [1.54, 1.807) is 37.5 Å². The number of hydrogen-bond donors (Lipinski definition) is 0. The second kappa shape index (κ2) is 7.94. The highest BCUT2D eigenvalue weighted by atomic mass is 35.5.